The average Bonchev–Trinajstić information content (AvgIpc) is 0.907. The Morgan fingerprint density at radius 1 is 0.457 bits per heavy atom. The number of fused-ring (bicyclic) bond motifs is 3. The normalized spacial score (nSPS) is 13.6. The smallest absolute Gasteiger partial charge is 0.433 e. The molecule has 0 saturated carbocycles. The Labute approximate surface area is 542 Å². The fourth-order valence-electron chi connectivity index (χ4n) is 8.84. The molecule has 0 amide bonds. The zero-order valence-electron chi connectivity index (χ0n) is 47.8. The Bertz CT molecular complexity index is 4960. The number of alkyl halides is 9. The quantitative estimate of drug-likeness (QED) is 0.0812. The minimum absolute atomic E-state index is 0.0556. The van der Waals surface area contributed by atoms with Crippen LogP contribution in [0.4, 0.5) is 39.5 Å². The summed E-state index contributed by atoms with van der Waals surface area (Å²) in [4.78, 5) is 58.2. The Balaban J connectivity index is 0.000000154. The van der Waals surface area contributed by atoms with Crippen LogP contribution in [0, 0.1) is 0 Å². The van der Waals surface area contributed by atoms with Crippen molar-refractivity contribution in [3.05, 3.63) is 189 Å². The summed E-state index contributed by atoms with van der Waals surface area (Å²) < 4.78 is 215. The molecule has 37 heteroatoms. The van der Waals surface area contributed by atoms with Crippen molar-refractivity contribution >= 4 is 62.3 Å². The molecular weight excluding hydrogens is 1460 g/mol. The molecule has 0 aliphatic carbocycles. The van der Waals surface area contributed by atoms with Crippen molar-refractivity contribution in [3.8, 4) is 68.3 Å². The summed E-state index contributed by atoms with van der Waals surface area (Å²) in [5, 5.41) is -2.36. The molecule has 0 bridgehead atoms. The van der Waals surface area contributed by atoms with E-state index in [2.05, 4.69) is 61.8 Å². The highest BCUT2D eigenvalue weighted by molar-refractivity contribution is 9.11. The van der Waals surface area contributed by atoms with Crippen molar-refractivity contribution < 1.29 is 89.0 Å². The third-order valence-corrected chi connectivity index (χ3v) is 17.5. The number of hydrogen-bond acceptors (Lipinski definition) is 20. The number of ether oxygens (including phenoxy) is 6. The number of aromatic nitrogens is 9. The highest BCUT2D eigenvalue weighted by Gasteiger charge is 2.37. The van der Waals surface area contributed by atoms with Crippen LogP contribution in [0.1, 0.15) is 33.8 Å². The molecule has 3 aliphatic heterocycles. The highest BCUT2D eigenvalue weighted by atomic mass is 79.9. The lowest BCUT2D eigenvalue weighted by Gasteiger charge is -2.13. The first kappa shape index (κ1) is 67.8. The van der Waals surface area contributed by atoms with E-state index in [4.69, 9.17) is 28.4 Å². The molecule has 94 heavy (non-hydrogen) atoms. The largest absolute Gasteiger partial charge is 0.454 e. The second-order valence-electron chi connectivity index (χ2n) is 20.1. The lowest BCUT2D eigenvalue weighted by molar-refractivity contribution is -0.142. The molecule has 3 aromatic carbocycles. The van der Waals surface area contributed by atoms with E-state index in [1.54, 1.807) is 42.5 Å². The van der Waals surface area contributed by atoms with Crippen molar-refractivity contribution in [2.24, 2.45) is 0 Å². The highest BCUT2D eigenvalue weighted by Crippen LogP contribution is 2.43. The van der Waals surface area contributed by atoms with Gasteiger partial charge < -0.3 is 42.1 Å². The average molecular weight is 1500 g/mol. The molecule has 0 fully saturated rings. The first-order valence-electron chi connectivity index (χ1n) is 26.3. The van der Waals surface area contributed by atoms with Gasteiger partial charge in [0.1, 0.15) is 17.1 Å². The number of hydrogen-bond donors (Lipinski definition) is 0. The topological polar surface area (TPSA) is 284 Å². The standard InChI is InChI=1S/C19H13BrF3N3O5S.C19H13BrF3N3O4S.C19H14F3N3O5S/c1-32(28,29)18-24-12(6-14(25-18)19(21,22)23)10-3-5-15(27)26(7-10)8-11-2-4-13-17(16(11)20)31-9-30-13;1-31(28)18-24-12(6-14(25-18)19(21,22)23)10-3-5-15(27)26(7-10)8-11-2-4-13-17(16(11)20)30-9-29-13;1-31(27,28)18-23-13(7-16(24-18)19(20,21)22)12-3-5-17(26)25(9-12)8-11-2-4-14-15(6-11)30-10-29-14/h2-7H,8-9H2,1H3;2-7H,8-9H2,1H3;2-7,9H,8,10H2,1H3. The van der Waals surface area contributed by atoms with Crippen molar-refractivity contribution in [1.82, 2.24) is 43.6 Å². The summed E-state index contributed by atoms with van der Waals surface area (Å²) in [6.45, 7) is 0.507. The number of sulfone groups is 2. The summed E-state index contributed by atoms with van der Waals surface area (Å²) in [5.41, 5.74) is -3.32. The predicted molar refractivity (Wildman–Crippen MR) is 319 cm³/mol. The Kier molecular flexibility index (Phi) is 19.0. The first-order chi connectivity index (χ1) is 44.1. The van der Waals surface area contributed by atoms with Crippen LogP contribution in [-0.2, 0) is 68.6 Å². The fraction of sp³-hybridized carbons (Fsp3) is 0.211. The minimum atomic E-state index is -4.89. The maximum absolute atomic E-state index is 13.3. The molecule has 6 aromatic heterocycles. The minimum Gasteiger partial charge on any atom is -0.454 e. The van der Waals surface area contributed by atoms with Crippen LogP contribution >= 0.6 is 31.9 Å². The number of rotatable bonds is 12. The number of nitrogens with zero attached hydrogens (tertiary/aromatic N) is 9. The molecule has 1 unspecified atom stereocenters. The van der Waals surface area contributed by atoms with E-state index >= 15 is 0 Å². The molecular formula is C57H40Br2F9N9O14S3. The Hall–Kier alpha value is -9.07. The second-order valence-corrected chi connectivity index (χ2v) is 26.8. The van der Waals surface area contributed by atoms with Crippen LogP contribution in [0.5, 0.6) is 34.5 Å². The van der Waals surface area contributed by atoms with Crippen LogP contribution in [0.3, 0.4) is 0 Å². The van der Waals surface area contributed by atoms with E-state index in [-0.39, 0.29) is 79.3 Å². The van der Waals surface area contributed by atoms with Crippen molar-refractivity contribution in [2.45, 2.75) is 53.6 Å². The van der Waals surface area contributed by atoms with Gasteiger partial charge in [-0.1, -0.05) is 18.2 Å². The van der Waals surface area contributed by atoms with Crippen molar-refractivity contribution in [2.75, 3.05) is 39.1 Å². The van der Waals surface area contributed by atoms with Gasteiger partial charge in [0, 0.05) is 72.2 Å². The number of pyridine rings is 3. The van der Waals surface area contributed by atoms with Gasteiger partial charge in [-0.15, -0.1) is 0 Å². The molecule has 0 radical (unpaired) electrons. The molecule has 3 aliphatic rings. The second kappa shape index (κ2) is 26.4. The van der Waals surface area contributed by atoms with Gasteiger partial charge >= 0.3 is 18.5 Å². The van der Waals surface area contributed by atoms with E-state index in [1.165, 1.54) is 62.8 Å². The van der Waals surface area contributed by atoms with Crippen LogP contribution in [0.2, 0.25) is 0 Å². The summed E-state index contributed by atoms with van der Waals surface area (Å²) in [7, 11) is -10.0. The number of benzene rings is 3. The molecule has 12 rings (SSSR count). The molecule has 9 aromatic rings. The Morgan fingerprint density at radius 3 is 1.22 bits per heavy atom. The lowest BCUT2D eigenvalue weighted by atomic mass is 10.1. The van der Waals surface area contributed by atoms with Crippen LogP contribution in [0.15, 0.2) is 154 Å². The fourth-order valence-corrected chi connectivity index (χ4v) is 11.5. The molecule has 492 valence electrons. The van der Waals surface area contributed by atoms with Gasteiger partial charge in [-0.05, 0) is 109 Å². The number of halogens is 11. The monoisotopic (exact) mass is 1500 g/mol. The zero-order valence-corrected chi connectivity index (χ0v) is 53.5. The van der Waals surface area contributed by atoms with Crippen LogP contribution in [-0.4, -0.2) is 104 Å². The van der Waals surface area contributed by atoms with Gasteiger partial charge in [0.2, 0.25) is 55.5 Å². The zero-order chi connectivity index (χ0) is 68.0. The predicted octanol–water partition coefficient (Wildman–Crippen LogP) is 9.37. The SMILES string of the molecule is CS(=O)(=O)c1nc(-c2ccc(=O)n(Cc3ccc4c(c3)OCO4)c2)cc(C(F)(F)F)n1.CS(=O)(=O)c1nc(-c2ccc(=O)n(Cc3ccc4c(c3Br)OCO4)c2)cc(C(F)(F)F)n1.CS(=O)c1nc(-c2ccc(=O)n(Cc3ccc4c(c3Br)OCO4)c2)cc(C(F)(F)F)n1. The third-order valence-electron chi connectivity index (χ3n) is 13.3. The third kappa shape index (κ3) is 15.6. The molecule has 0 saturated heterocycles. The van der Waals surface area contributed by atoms with Crippen LogP contribution < -0.4 is 45.1 Å². The molecule has 0 N–H and O–H groups in total. The maximum atomic E-state index is 13.3. The van der Waals surface area contributed by atoms with Gasteiger partial charge in [0.05, 0.1) is 56.5 Å². The van der Waals surface area contributed by atoms with Crippen molar-refractivity contribution in [1.29, 1.82) is 0 Å². The summed E-state index contributed by atoms with van der Waals surface area (Å²) in [6.07, 6.45) is -7.88. The molecule has 23 nitrogen and oxygen atoms in total. The first-order valence-corrected chi connectivity index (χ1v) is 33.3. The summed E-state index contributed by atoms with van der Waals surface area (Å²) in [6, 6.07) is 21.4. The summed E-state index contributed by atoms with van der Waals surface area (Å²) >= 11 is 6.84. The van der Waals surface area contributed by atoms with E-state index in [0.717, 1.165) is 18.2 Å². The van der Waals surface area contributed by atoms with Gasteiger partial charge in [-0.25, -0.2) is 46.7 Å². The van der Waals surface area contributed by atoms with E-state index < -0.39 is 92.7 Å². The van der Waals surface area contributed by atoms with Gasteiger partial charge in [-0.2, -0.15) is 39.5 Å². The summed E-state index contributed by atoms with van der Waals surface area (Å²) in [5.74, 6) is 3.19. The van der Waals surface area contributed by atoms with Gasteiger partial charge in [0.15, 0.2) is 34.5 Å². The van der Waals surface area contributed by atoms with E-state index in [0.29, 0.717) is 84.8 Å². The lowest BCUT2D eigenvalue weighted by Crippen LogP contribution is -2.20. The van der Waals surface area contributed by atoms with Crippen LogP contribution in [0.25, 0.3) is 33.8 Å². The van der Waals surface area contributed by atoms with Gasteiger partial charge in [0.25, 0.3) is 16.7 Å². The van der Waals surface area contributed by atoms with Crippen molar-refractivity contribution in [3.63, 3.8) is 0 Å². The van der Waals surface area contributed by atoms with Gasteiger partial charge in [-0.3, -0.25) is 18.6 Å². The Morgan fingerprint density at radius 2 is 0.819 bits per heavy atom. The molecule has 9 heterocycles. The van der Waals surface area contributed by atoms with E-state index in [9.17, 15) is 74.9 Å². The molecule has 0 spiro atoms. The van der Waals surface area contributed by atoms with E-state index in [1.807, 2.05) is 0 Å². The molecule has 1 atom stereocenters. The maximum Gasteiger partial charge on any atom is 0.433 e.